The van der Waals surface area contributed by atoms with Gasteiger partial charge in [0.1, 0.15) is 0 Å². The van der Waals surface area contributed by atoms with Gasteiger partial charge in [0.25, 0.3) is 0 Å². The second-order valence-electron chi connectivity index (χ2n) is 10.4. The molecule has 2 atom stereocenters. The van der Waals surface area contributed by atoms with Crippen LogP contribution in [0.2, 0.25) is 0 Å². The van der Waals surface area contributed by atoms with E-state index in [9.17, 15) is 0 Å². The largest absolute Gasteiger partial charge is 0.351 e. The number of aliphatic imine (C=N–C) groups is 1. The molecule has 1 saturated heterocycles. The molecule has 1 aromatic carbocycles. The molecule has 5 nitrogen and oxygen atoms in total. The van der Waals surface area contributed by atoms with Crippen LogP contribution in [0.15, 0.2) is 79.0 Å². The molecular weight excluding hydrogens is 442 g/mol. The molecule has 0 unspecified atom stereocenters. The molecule has 2 fully saturated rings. The van der Waals surface area contributed by atoms with Gasteiger partial charge in [0.2, 0.25) is 0 Å². The molecule has 0 amide bonds. The first-order chi connectivity index (χ1) is 17.6. The van der Waals surface area contributed by atoms with Crippen LogP contribution >= 0.6 is 0 Å². The first-order valence-corrected chi connectivity index (χ1v) is 13.5. The van der Waals surface area contributed by atoms with Crippen molar-refractivity contribution in [3.63, 3.8) is 0 Å². The Bertz CT molecular complexity index is 1240. The van der Waals surface area contributed by atoms with E-state index < -0.39 is 0 Å². The van der Waals surface area contributed by atoms with Gasteiger partial charge in [-0.1, -0.05) is 37.3 Å². The second-order valence-corrected chi connectivity index (χ2v) is 10.4. The number of aromatic nitrogens is 3. The van der Waals surface area contributed by atoms with Gasteiger partial charge >= 0.3 is 0 Å². The maximum Gasteiger partial charge on any atom is 0.0568 e. The number of rotatable bonds is 7. The van der Waals surface area contributed by atoms with Crippen LogP contribution in [0, 0.1) is 0 Å². The third kappa shape index (κ3) is 5.62. The molecule has 1 aliphatic heterocycles. The van der Waals surface area contributed by atoms with Gasteiger partial charge in [0, 0.05) is 66.3 Å². The van der Waals surface area contributed by atoms with Crippen molar-refractivity contribution >= 4 is 11.3 Å². The molecule has 0 radical (unpaired) electrons. The standard InChI is InChI=1S/C31H39N5/c1-4-25(20-32-24(2)26-10-8-11-27(18-26)29-21-33-34(3)22-29)28-14-17-36(23-28)31-13-9-12-30(19-31)35-15-6-5-7-16-35/h4,8,10-11,14,17-18,20-23,30-31H,1,5-7,9,12-13,15-16,19H2,2-3H3/b25-20+,32-24?/t30-,31-/m0/s1. The summed E-state index contributed by atoms with van der Waals surface area (Å²) in [6, 6.07) is 12.0. The number of allylic oxidation sites excluding steroid dienone is 2. The van der Waals surface area contributed by atoms with Gasteiger partial charge in [-0.05, 0) is 81.8 Å². The molecular formula is C31H39N5. The Hall–Kier alpha value is -3.18. The highest BCUT2D eigenvalue weighted by Gasteiger charge is 2.28. The predicted molar refractivity (Wildman–Crippen MR) is 150 cm³/mol. The van der Waals surface area contributed by atoms with E-state index in [1.54, 1.807) is 0 Å². The van der Waals surface area contributed by atoms with Crippen LogP contribution in [-0.2, 0) is 7.05 Å². The summed E-state index contributed by atoms with van der Waals surface area (Å²) in [4.78, 5) is 7.58. The van der Waals surface area contributed by atoms with Crippen molar-refractivity contribution in [3.05, 3.63) is 85.1 Å². The van der Waals surface area contributed by atoms with Gasteiger partial charge in [0.15, 0.2) is 0 Å². The topological polar surface area (TPSA) is 38.4 Å². The van der Waals surface area contributed by atoms with E-state index >= 15 is 0 Å². The monoisotopic (exact) mass is 481 g/mol. The zero-order valence-corrected chi connectivity index (χ0v) is 21.8. The van der Waals surface area contributed by atoms with Crippen molar-refractivity contribution in [2.45, 2.75) is 64.0 Å². The van der Waals surface area contributed by atoms with Crippen molar-refractivity contribution in [3.8, 4) is 11.1 Å². The van der Waals surface area contributed by atoms with Crippen molar-refractivity contribution in [1.29, 1.82) is 0 Å². The number of hydrogen-bond acceptors (Lipinski definition) is 3. The van der Waals surface area contributed by atoms with E-state index in [2.05, 4.69) is 70.8 Å². The number of hydrogen-bond donors (Lipinski definition) is 0. The summed E-state index contributed by atoms with van der Waals surface area (Å²) in [5.41, 5.74) is 6.60. The quantitative estimate of drug-likeness (QED) is 0.272. The SMILES string of the molecule is C=C/C(=C\N=C(C)c1cccc(-c2cnn(C)c2)c1)c1ccn([C@H]2CCC[C@H](N3CCCCC3)C2)c1. The Labute approximate surface area is 215 Å². The minimum atomic E-state index is 0.589. The number of piperidine rings is 1. The molecule has 0 bridgehead atoms. The lowest BCUT2D eigenvalue weighted by atomic mass is 9.89. The smallest absolute Gasteiger partial charge is 0.0568 e. The Morgan fingerprint density at radius 1 is 1.00 bits per heavy atom. The summed E-state index contributed by atoms with van der Waals surface area (Å²) < 4.78 is 4.27. The summed E-state index contributed by atoms with van der Waals surface area (Å²) >= 11 is 0. The lowest BCUT2D eigenvalue weighted by molar-refractivity contribution is 0.111. The van der Waals surface area contributed by atoms with Gasteiger partial charge in [-0.15, -0.1) is 0 Å². The maximum atomic E-state index is 4.82. The van der Waals surface area contributed by atoms with Crippen LogP contribution in [0.25, 0.3) is 16.7 Å². The molecule has 5 rings (SSSR count). The van der Waals surface area contributed by atoms with Gasteiger partial charge in [-0.25, -0.2) is 0 Å². The molecule has 0 spiro atoms. The van der Waals surface area contributed by atoms with E-state index in [0.29, 0.717) is 6.04 Å². The molecule has 2 aromatic heterocycles. The Morgan fingerprint density at radius 3 is 2.61 bits per heavy atom. The van der Waals surface area contributed by atoms with Crippen LogP contribution in [0.5, 0.6) is 0 Å². The van der Waals surface area contributed by atoms with Gasteiger partial charge in [-0.2, -0.15) is 5.10 Å². The highest BCUT2D eigenvalue weighted by atomic mass is 15.2. The molecule has 188 valence electrons. The minimum absolute atomic E-state index is 0.589. The van der Waals surface area contributed by atoms with E-state index in [0.717, 1.165) is 34.0 Å². The highest BCUT2D eigenvalue weighted by Crippen LogP contribution is 2.33. The van der Waals surface area contributed by atoms with Gasteiger partial charge in [0.05, 0.1) is 6.20 Å². The summed E-state index contributed by atoms with van der Waals surface area (Å²) in [7, 11) is 1.94. The third-order valence-electron chi connectivity index (χ3n) is 7.93. The van der Waals surface area contributed by atoms with Crippen LogP contribution < -0.4 is 0 Å². The Morgan fingerprint density at radius 2 is 1.83 bits per heavy atom. The summed E-state index contributed by atoms with van der Waals surface area (Å²) in [5, 5.41) is 4.30. The van der Waals surface area contributed by atoms with Crippen molar-refractivity contribution < 1.29 is 0 Å². The van der Waals surface area contributed by atoms with Crippen molar-refractivity contribution in [1.82, 2.24) is 19.2 Å². The fourth-order valence-corrected chi connectivity index (χ4v) is 5.82. The fraction of sp³-hybridized carbons (Fsp3) is 0.419. The second kappa shape index (κ2) is 11.3. The van der Waals surface area contributed by atoms with E-state index in [1.165, 1.54) is 63.6 Å². The van der Waals surface area contributed by atoms with Crippen LogP contribution in [0.3, 0.4) is 0 Å². The molecule has 2 aliphatic rings. The molecule has 0 N–H and O–H groups in total. The zero-order valence-electron chi connectivity index (χ0n) is 21.8. The predicted octanol–water partition coefficient (Wildman–Crippen LogP) is 6.89. The zero-order chi connectivity index (χ0) is 24.9. The minimum Gasteiger partial charge on any atom is -0.351 e. The van der Waals surface area contributed by atoms with Gasteiger partial charge in [-0.3, -0.25) is 9.67 Å². The van der Waals surface area contributed by atoms with E-state index in [-0.39, 0.29) is 0 Å². The molecule has 5 heteroatoms. The molecule has 3 heterocycles. The molecule has 1 aliphatic carbocycles. The average molecular weight is 482 g/mol. The Kier molecular flexibility index (Phi) is 7.66. The third-order valence-corrected chi connectivity index (χ3v) is 7.93. The highest BCUT2D eigenvalue weighted by molar-refractivity contribution is 6.00. The summed E-state index contributed by atoms with van der Waals surface area (Å²) in [5.74, 6) is 0. The maximum absolute atomic E-state index is 4.82. The van der Waals surface area contributed by atoms with Crippen LogP contribution in [0.1, 0.15) is 69.0 Å². The first-order valence-electron chi connectivity index (χ1n) is 13.5. The number of benzene rings is 1. The first kappa shape index (κ1) is 24.5. The Balaban J connectivity index is 1.29. The molecule has 3 aromatic rings. The number of likely N-dealkylation sites (tertiary alicyclic amines) is 1. The summed E-state index contributed by atoms with van der Waals surface area (Å²) in [6.07, 6.45) is 21.7. The van der Waals surface area contributed by atoms with Crippen LogP contribution in [0.4, 0.5) is 0 Å². The molecule has 1 saturated carbocycles. The van der Waals surface area contributed by atoms with Gasteiger partial charge < -0.3 is 9.47 Å². The van der Waals surface area contributed by atoms with Crippen molar-refractivity contribution in [2.75, 3.05) is 13.1 Å². The lowest BCUT2D eigenvalue weighted by Crippen LogP contribution is -2.42. The number of nitrogens with zero attached hydrogens (tertiary/aromatic N) is 5. The lowest BCUT2D eigenvalue weighted by Gasteiger charge is -2.39. The van der Waals surface area contributed by atoms with E-state index in [1.807, 2.05) is 36.4 Å². The molecule has 36 heavy (non-hydrogen) atoms. The van der Waals surface area contributed by atoms with Crippen molar-refractivity contribution in [2.24, 2.45) is 12.0 Å². The normalized spacial score (nSPS) is 22.1. The van der Waals surface area contributed by atoms with Crippen LogP contribution in [-0.4, -0.2) is 44.1 Å². The fourth-order valence-electron chi connectivity index (χ4n) is 5.82. The summed E-state index contributed by atoms with van der Waals surface area (Å²) in [6.45, 7) is 8.72. The van der Waals surface area contributed by atoms with E-state index in [4.69, 9.17) is 4.99 Å². The number of aryl methyl sites for hydroxylation is 1. The average Bonchev–Trinajstić information content (AvgIpc) is 3.59.